The van der Waals surface area contributed by atoms with Gasteiger partial charge in [0.1, 0.15) is 0 Å². The maximum Gasteiger partial charge on any atom is 0.301 e. The first-order valence-electron chi connectivity index (χ1n) is 3.38. The number of hydrogen-bond donors (Lipinski definition) is 0. The lowest BCUT2D eigenvalue weighted by Crippen LogP contribution is -1.97. The summed E-state index contributed by atoms with van der Waals surface area (Å²) < 4.78 is 38.0. The summed E-state index contributed by atoms with van der Waals surface area (Å²) >= 11 is 0. The van der Waals surface area contributed by atoms with Crippen LogP contribution in [0.4, 0.5) is 24.5 Å². The highest BCUT2D eigenvalue weighted by Gasteiger charge is 2.25. The number of nitro benzene ring substituents is 1. The standard InChI is InChI=1S/C7HF3N2O3/c8-3-1-4(12(14)15)7(11-2-13)6(10)5(3)9/h1H. The highest BCUT2D eigenvalue weighted by molar-refractivity contribution is 5.62. The average molecular weight is 218 g/mol. The molecule has 0 unspecified atom stereocenters. The Hall–Kier alpha value is -2.21. The molecule has 0 fully saturated rings. The van der Waals surface area contributed by atoms with Crippen LogP contribution in [0, 0.1) is 27.6 Å². The Bertz CT molecular complexity index is 483. The van der Waals surface area contributed by atoms with Gasteiger partial charge in [-0.3, -0.25) is 10.1 Å². The molecule has 0 saturated heterocycles. The van der Waals surface area contributed by atoms with Gasteiger partial charge in [-0.1, -0.05) is 0 Å². The van der Waals surface area contributed by atoms with Crippen LogP contribution in [0.15, 0.2) is 11.1 Å². The minimum absolute atomic E-state index is 0.134. The third kappa shape index (κ3) is 1.84. The van der Waals surface area contributed by atoms with Gasteiger partial charge in [-0.25, -0.2) is 18.0 Å². The molecule has 0 bridgehead atoms. The van der Waals surface area contributed by atoms with Gasteiger partial charge in [0.25, 0.3) is 0 Å². The van der Waals surface area contributed by atoms with Crippen molar-refractivity contribution in [3.63, 3.8) is 0 Å². The molecule has 1 rings (SSSR count). The van der Waals surface area contributed by atoms with Crippen LogP contribution < -0.4 is 0 Å². The van der Waals surface area contributed by atoms with Crippen LogP contribution in [0.5, 0.6) is 0 Å². The first-order chi connectivity index (χ1) is 6.99. The van der Waals surface area contributed by atoms with Gasteiger partial charge in [0.2, 0.25) is 6.08 Å². The molecule has 78 valence electrons. The van der Waals surface area contributed by atoms with E-state index in [-0.39, 0.29) is 6.07 Å². The van der Waals surface area contributed by atoms with E-state index in [1.54, 1.807) is 0 Å². The topological polar surface area (TPSA) is 72.6 Å². The van der Waals surface area contributed by atoms with Crippen LogP contribution in [0.25, 0.3) is 0 Å². The van der Waals surface area contributed by atoms with E-state index in [0.717, 1.165) is 6.08 Å². The Morgan fingerprint density at radius 2 is 1.93 bits per heavy atom. The monoisotopic (exact) mass is 218 g/mol. The summed E-state index contributed by atoms with van der Waals surface area (Å²) in [7, 11) is 0. The highest BCUT2D eigenvalue weighted by atomic mass is 19.2. The largest absolute Gasteiger partial charge is 0.301 e. The molecule has 0 atom stereocenters. The molecule has 8 heteroatoms. The van der Waals surface area contributed by atoms with E-state index in [1.165, 1.54) is 0 Å². The van der Waals surface area contributed by atoms with Gasteiger partial charge in [-0.15, -0.1) is 0 Å². The summed E-state index contributed by atoms with van der Waals surface area (Å²) in [5.74, 6) is -5.57. The predicted octanol–water partition coefficient (Wildman–Crippen LogP) is 1.98. The molecule has 0 aromatic heterocycles. The maximum absolute atomic E-state index is 12.9. The van der Waals surface area contributed by atoms with Crippen molar-refractivity contribution in [3.8, 4) is 0 Å². The summed E-state index contributed by atoms with van der Waals surface area (Å²) in [4.78, 5) is 21.5. The van der Waals surface area contributed by atoms with Gasteiger partial charge >= 0.3 is 5.69 Å². The van der Waals surface area contributed by atoms with Gasteiger partial charge in [-0.2, -0.15) is 4.99 Å². The third-order valence-corrected chi connectivity index (χ3v) is 1.47. The minimum Gasteiger partial charge on any atom is -0.258 e. The lowest BCUT2D eigenvalue weighted by atomic mass is 10.2. The van der Waals surface area contributed by atoms with Gasteiger partial charge in [0.15, 0.2) is 23.1 Å². The van der Waals surface area contributed by atoms with E-state index < -0.39 is 33.7 Å². The van der Waals surface area contributed by atoms with E-state index in [1.807, 2.05) is 0 Å². The van der Waals surface area contributed by atoms with Crippen molar-refractivity contribution in [1.29, 1.82) is 0 Å². The number of hydrogen-bond acceptors (Lipinski definition) is 4. The van der Waals surface area contributed by atoms with Crippen LogP contribution in [-0.4, -0.2) is 11.0 Å². The zero-order valence-electron chi connectivity index (χ0n) is 6.83. The second-order valence-corrected chi connectivity index (χ2v) is 2.31. The predicted molar refractivity (Wildman–Crippen MR) is 40.8 cm³/mol. The number of isocyanates is 1. The van der Waals surface area contributed by atoms with Gasteiger partial charge < -0.3 is 0 Å². The molecular weight excluding hydrogens is 217 g/mol. The summed E-state index contributed by atoms with van der Waals surface area (Å²) in [5.41, 5.74) is -2.33. The number of aliphatic imine (C=N–C) groups is 1. The Balaban J connectivity index is 3.64. The molecule has 0 aliphatic rings. The molecule has 15 heavy (non-hydrogen) atoms. The van der Waals surface area contributed by atoms with Crippen LogP contribution >= 0.6 is 0 Å². The normalized spacial score (nSPS) is 9.53. The van der Waals surface area contributed by atoms with Crippen molar-refractivity contribution in [2.45, 2.75) is 0 Å². The van der Waals surface area contributed by atoms with E-state index >= 15 is 0 Å². The first-order valence-corrected chi connectivity index (χ1v) is 3.38. The van der Waals surface area contributed by atoms with Crippen molar-refractivity contribution in [2.75, 3.05) is 0 Å². The number of nitrogens with zero attached hydrogens (tertiary/aromatic N) is 2. The quantitative estimate of drug-likeness (QED) is 0.250. The van der Waals surface area contributed by atoms with Gasteiger partial charge in [0, 0.05) is 0 Å². The van der Waals surface area contributed by atoms with E-state index in [0.29, 0.717) is 0 Å². The van der Waals surface area contributed by atoms with Crippen LogP contribution in [0.2, 0.25) is 0 Å². The SMILES string of the molecule is O=C=Nc1c([N+](=O)[O-])cc(F)c(F)c1F. The van der Waals surface area contributed by atoms with E-state index in [9.17, 15) is 28.1 Å². The molecule has 1 aromatic carbocycles. The summed E-state index contributed by atoms with van der Waals surface area (Å²) in [6.07, 6.45) is 0.808. The molecule has 0 heterocycles. The van der Waals surface area contributed by atoms with Crippen molar-refractivity contribution < 1.29 is 22.9 Å². The molecule has 0 spiro atoms. The van der Waals surface area contributed by atoms with Crippen LogP contribution in [0.3, 0.4) is 0 Å². The summed E-state index contributed by atoms with van der Waals surface area (Å²) in [6.45, 7) is 0. The Kier molecular flexibility index (Phi) is 2.82. The second-order valence-electron chi connectivity index (χ2n) is 2.31. The maximum atomic E-state index is 12.9. The van der Waals surface area contributed by atoms with Crippen LogP contribution in [0.1, 0.15) is 0 Å². The molecular formula is C7HF3N2O3. The van der Waals surface area contributed by atoms with Gasteiger partial charge in [0.05, 0.1) is 11.0 Å². The highest BCUT2D eigenvalue weighted by Crippen LogP contribution is 2.32. The Morgan fingerprint density at radius 1 is 1.33 bits per heavy atom. The molecule has 1 aromatic rings. The van der Waals surface area contributed by atoms with E-state index in [2.05, 4.69) is 4.99 Å². The number of rotatable bonds is 2. The molecule has 0 radical (unpaired) electrons. The zero-order valence-corrected chi connectivity index (χ0v) is 6.83. The molecule has 0 aliphatic carbocycles. The fourth-order valence-electron chi connectivity index (χ4n) is 0.864. The average Bonchev–Trinajstić information content (AvgIpc) is 2.18. The van der Waals surface area contributed by atoms with Crippen molar-refractivity contribution in [1.82, 2.24) is 0 Å². The lowest BCUT2D eigenvalue weighted by Gasteiger charge is -1.99. The fraction of sp³-hybridized carbons (Fsp3) is 0. The minimum atomic E-state index is -1.94. The number of halogens is 3. The van der Waals surface area contributed by atoms with Crippen molar-refractivity contribution in [3.05, 3.63) is 33.6 Å². The number of benzene rings is 1. The lowest BCUT2D eigenvalue weighted by molar-refractivity contribution is -0.384. The molecule has 0 aliphatic heterocycles. The molecule has 0 saturated carbocycles. The van der Waals surface area contributed by atoms with Crippen molar-refractivity contribution in [2.24, 2.45) is 4.99 Å². The third-order valence-electron chi connectivity index (χ3n) is 1.47. The smallest absolute Gasteiger partial charge is 0.258 e. The zero-order chi connectivity index (χ0) is 11.6. The summed E-state index contributed by atoms with van der Waals surface area (Å²) in [6, 6.07) is 0.134. The summed E-state index contributed by atoms with van der Waals surface area (Å²) in [5, 5.41) is 10.3. The number of carbonyl (C=O) groups excluding carboxylic acids is 1. The van der Waals surface area contributed by atoms with Crippen LogP contribution in [-0.2, 0) is 4.79 Å². The Morgan fingerprint density at radius 3 is 2.40 bits per heavy atom. The first kappa shape index (κ1) is 10.9. The number of nitro groups is 1. The van der Waals surface area contributed by atoms with E-state index in [4.69, 9.17) is 0 Å². The Labute approximate surface area is 80.0 Å². The second kappa shape index (κ2) is 3.89. The molecule has 0 N–H and O–H groups in total. The van der Waals surface area contributed by atoms with Gasteiger partial charge in [-0.05, 0) is 0 Å². The van der Waals surface area contributed by atoms with Crippen molar-refractivity contribution >= 4 is 17.5 Å². The molecule has 0 amide bonds. The fourth-order valence-corrected chi connectivity index (χ4v) is 0.864. The molecule has 5 nitrogen and oxygen atoms in total.